The number of furan rings is 1. The molecule has 0 spiro atoms. The first-order chi connectivity index (χ1) is 27.2. The van der Waals surface area contributed by atoms with Crippen LogP contribution in [0.25, 0.3) is 104 Å². The van der Waals surface area contributed by atoms with Crippen LogP contribution in [-0.4, -0.2) is 19.5 Å². The Morgan fingerprint density at radius 1 is 0.564 bits per heavy atom. The Labute approximate surface area is 321 Å². The topological polar surface area (TPSA) is 56.7 Å². The molecular formula is C49H34N4OS. The van der Waals surface area contributed by atoms with Crippen LogP contribution in [-0.2, 0) is 6.42 Å². The quantitative estimate of drug-likeness (QED) is 0.164. The Bertz CT molecular complexity index is 3260. The summed E-state index contributed by atoms with van der Waals surface area (Å²) in [5.74, 6) is 1.84. The van der Waals surface area contributed by atoms with Crippen molar-refractivity contribution in [3.63, 3.8) is 0 Å². The van der Waals surface area contributed by atoms with Crippen molar-refractivity contribution in [2.75, 3.05) is 0 Å². The number of fused-ring (bicyclic) bond motifs is 10. The second kappa shape index (κ2) is 12.8. The van der Waals surface area contributed by atoms with E-state index in [1.807, 2.05) is 72.0 Å². The molecule has 0 aliphatic rings. The van der Waals surface area contributed by atoms with Crippen LogP contribution in [0, 0.1) is 0 Å². The maximum Gasteiger partial charge on any atom is 0.164 e. The number of nitrogens with zero attached hydrogens (tertiary/aromatic N) is 4. The Hall–Kier alpha value is -6.63. The minimum absolute atomic E-state index is 0.605. The number of hydrogen-bond acceptors (Lipinski definition) is 5. The molecule has 0 saturated heterocycles. The summed E-state index contributed by atoms with van der Waals surface area (Å²) in [7, 11) is 0. The monoisotopic (exact) mass is 726 g/mol. The Morgan fingerprint density at radius 3 is 2.18 bits per heavy atom. The number of rotatable bonds is 7. The molecule has 0 aliphatic carbocycles. The zero-order valence-electron chi connectivity index (χ0n) is 30.2. The molecule has 0 fully saturated rings. The van der Waals surface area contributed by atoms with Gasteiger partial charge < -0.3 is 8.98 Å². The van der Waals surface area contributed by atoms with E-state index in [0.29, 0.717) is 17.5 Å². The largest absolute Gasteiger partial charge is 0.456 e. The lowest BCUT2D eigenvalue weighted by molar-refractivity contribution is 0.669. The fraction of sp³-hybridized carbons (Fsp3) is 0.0816. The number of benzene rings is 7. The van der Waals surface area contributed by atoms with Gasteiger partial charge in [0.25, 0.3) is 0 Å². The molecule has 5 nitrogen and oxygen atoms in total. The molecule has 0 unspecified atom stereocenters. The summed E-state index contributed by atoms with van der Waals surface area (Å²) in [4.78, 5) is 15.5. The predicted molar refractivity (Wildman–Crippen MR) is 229 cm³/mol. The first kappa shape index (κ1) is 31.9. The highest BCUT2D eigenvalue weighted by Crippen LogP contribution is 2.44. The number of unbranched alkanes of at least 4 members (excludes halogenated alkanes) is 1. The third kappa shape index (κ3) is 5.17. The molecule has 4 aromatic heterocycles. The third-order valence-electron chi connectivity index (χ3n) is 10.8. The Kier molecular flexibility index (Phi) is 7.39. The lowest BCUT2D eigenvalue weighted by Gasteiger charge is -2.12. The van der Waals surface area contributed by atoms with Gasteiger partial charge in [-0.25, -0.2) is 15.0 Å². The van der Waals surface area contributed by atoms with E-state index in [0.717, 1.165) is 50.7 Å². The average molecular weight is 727 g/mol. The number of hydrogen-bond donors (Lipinski definition) is 0. The van der Waals surface area contributed by atoms with E-state index in [2.05, 4.69) is 102 Å². The lowest BCUT2D eigenvalue weighted by atomic mass is 10.0. The standard InChI is InChI=1S/C49H34N4OS/c1-2-3-13-30-24-27-43-39(28-30)36-26-25-35-34-18-7-9-21-40(34)53(45(35)46(36)55-43)33-17-11-16-32(29-33)48-50-47(31-14-5-4-6-15-31)51-49(52-48)38-20-12-23-42-44(38)37-19-8-10-22-41(37)54-42/h4-12,14-29H,2-3,13H2,1H3. The molecule has 0 bridgehead atoms. The van der Waals surface area contributed by atoms with Gasteiger partial charge in [0.1, 0.15) is 11.2 Å². The molecule has 0 amide bonds. The summed E-state index contributed by atoms with van der Waals surface area (Å²) in [5, 5.41) is 7.17. The van der Waals surface area contributed by atoms with E-state index in [-0.39, 0.29) is 0 Å². The SMILES string of the molecule is CCCCc1ccc2sc3c(ccc4c5ccccc5n(-c5cccc(-c6nc(-c7ccccc7)nc(-c7cccc8oc9ccccc9c78)n6)c5)c43)c2c1. The highest BCUT2D eigenvalue weighted by atomic mass is 32.1. The van der Waals surface area contributed by atoms with E-state index >= 15 is 0 Å². The number of aromatic nitrogens is 4. The first-order valence-corrected chi connectivity index (χ1v) is 19.7. The molecule has 11 aromatic rings. The molecule has 262 valence electrons. The highest BCUT2D eigenvalue weighted by molar-refractivity contribution is 7.26. The molecule has 0 N–H and O–H groups in total. The molecule has 0 atom stereocenters. The van der Waals surface area contributed by atoms with Gasteiger partial charge >= 0.3 is 0 Å². The van der Waals surface area contributed by atoms with Crippen LogP contribution in [0.3, 0.4) is 0 Å². The van der Waals surface area contributed by atoms with Crippen LogP contribution in [0.1, 0.15) is 25.3 Å². The minimum Gasteiger partial charge on any atom is -0.456 e. The maximum atomic E-state index is 6.27. The van der Waals surface area contributed by atoms with Gasteiger partial charge in [-0.3, -0.25) is 0 Å². The molecule has 0 saturated carbocycles. The van der Waals surface area contributed by atoms with Crippen LogP contribution in [0.4, 0.5) is 0 Å². The average Bonchev–Trinajstić information content (AvgIpc) is 3.92. The second-order valence-corrected chi connectivity index (χ2v) is 15.3. The van der Waals surface area contributed by atoms with Gasteiger partial charge in [0.15, 0.2) is 17.5 Å². The van der Waals surface area contributed by atoms with Crippen molar-refractivity contribution < 1.29 is 4.42 Å². The predicted octanol–water partition coefficient (Wildman–Crippen LogP) is 13.6. The fourth-order valence-corrected chi connectivity index (χ4v) is 9.44. The summed E-state index contributed by atoms with van der Waals surface area (Å²) < 4.78 is 11.3. The van der Waals surface area contributed by atoms with Crippen molar-refractivity contribution in [1.82, 2.24) is 19.5 Å². The smallest absolute Gasteiger partial charge is 0.164 e. The van der Waals surface area contributed by atoms with Crippen LogP contribution in [0.15, 0.2) is 156 Å². The summed E-state index contributed by atoms with van der Waals surface area (Å²) >= 11 is 1.89. The summed E-state index contributed by atoms with van der Waals surface area (Å²) in [6.45, 7) is 2.26. The van der Waals surface area contributed by atoms with Gasteiger partial charge in [0.2, 0.25) is 0 Å². The van der Waals surface area contributed by atoms with Gasteiger partial charge in [-0.2, -0.15) is 0 Å². The third-order valence-corrected chi connectivity index (χ3v) is 12.0. The molecule has 7 aromatic carbocycles. The normalized spacial score (nSPS) is 11.9. The van der Waals surface area contributed by atoms with Crippen LogP contribution < -0.4 is 0 Å². The molecule has 0 aliphatic heterocycles. The summed E-state index contributed by atoms with van der Waals surface area (Å²) in [6.07, 6.45) is 3.50. The van der Waals surface area contributed by atoms with Crippen molar-refractivity contribution >= 4 is 75.3 Å². The van der Waals surface area contributed by atoms with Gasteiger partial charge in [-0.15, -0.1) is 11.3 Å². The first-order valence-electron chi connectivity index (χ1n) is 18.9. The number of aryl methyl sites for hydroxylation is 1. The maximum absolute atomic E-state index is 6.27. The van der Waals surface area contributed by atoms with E-state index in [1.165, 1.54) is 60.4 Å². The van der Waals surface area contributed by atoms with E-state index in [4.69, 9.17) is 19.4 Å². The minimum atomic E-state index is 0.605. The van der Waals surface area contributed by atoms with Gasteiger partial charge in [-0.1, -0.05) is 123 Å². The van der Waals surface area contributed by atoms with E-state index in [1.54, 1.807) is 0 Å². The Morgan fingerprint density at radius 2 is 1.29 bits per heavy atom. The van der Waals surface area contributed by atoms with Crippen molar-refractivity contribution in [2.24, 2.45) is 0 Å². The molecule has 55 heavy (non-hydrogen) atoms. The van der Waals surface area contributed by atoms with Crippen molar-refractivity contribution in [1.29, 1.82) is 0 Å². The van der Waals surface area contributed by atoms with E-state index < -0.39 is 0 Å². The van der Waals surface area contributed by atoms with Crippen molar-refractivity contribution in [3.8, 4) is 39.9 Å². The van der Waals surface area contributed by atoms with Crippen molar-refractivity contribution in [2.45, 2.75) is 26.2 Å². The number of para-hydroxylation sites is 2. The molecular weight excluding hydrogens is 693 g/mol. The summed E-state index contributed by atoms with van der Waals surface area (Å²) in [6, 6.07) is 53.5. The van der Waals surface area contributed by atoms with Gasteiger partial charge in [0.05, 0.1) is 15.7 Å². The number of thiophene rings is 1. The van der Waals surface area contributed by atoms with E-state index in [9.17, 15) is 0 Å². The second-order valence-electron chi connectivity index (χ2n) is 14.2. The lowest BCUT2D eigenvalue weighted by Crippen LogP contribution is -2.01. The highest BCUT2D eigenvalue weighted by Gasteiger charge is 2.21. The molecule has 11 rings (SSSR count). The van der Waals surface area contributed by atoms with Gasteiger partial charge in [-0.05, 0) is 60.9 Å². The van der Waals surface area contributed by atoms with Crippen LogP contribution in [0.5, 0.6) is 0 Å². The molecule has 4 heterocycles. The summed E-state index contributed by atoms with van der Waals surface area (Å²) in [5.41, 5.74) is 9.26. The Balaban J connectivity index is 1.14. The van der Waals surface area contributed by atoms with Crippen LogP contribution in [0.2, 0.25) is 0 Å². The molecule has 0 radical (unpaired) electrons. The van der Waals surface area contributed by atoms with Gasteiger partial charge in [0, 0.05) is 59.4 Å². The molecule has 6 heteroatoms. The zero-order chi connectivity index (χ0) is 36.5. The van der Waals surface area contributed by atoms with Crippen molar-refractivity contribution in [3.05, 3.63) is 157 Å². The zero-order valence-corrected chi connectivity index (χ0v) is 31.0. The van der Waals surface area contributed by atoms with Crippen LogP contribution >= 0.6 is 11.3 Å². The fourth-order valence-electron chi connectivity index (χ4n) is 8.22.